The largest absolute Gasteiger partial charge is 0.473 e. The first-order valence-electron chi connectivity index (χ1n) is 14.8. The highest BCUT2D eigenvalue weighted by atomic mass is 16.5. The second kappa shape index (κ2) is 21.5. The summed E-state index contributed by atoms with van der Waals surface area (Å²) >= 11 is 0. The molecule has 208 valence electrons. The molecule has 0 spiro atoms. The Labute approximate surface area is 221 Å². The molecule has 5 nitrogen and oxygen atoms in total. The zero-order valence-electron chi connectivity index (χ0n) is 23.7. The summed E-state index contributed by atoms with van der Waals surface area (Å²) in [7, 11) is 0. The number of aliphatic hydroxyl groups excluding tert-OH is 1. The van der Waals surface area contributed by atoms with Gasteiger partial charge in [0.15, 0.2) is 6.23 Å². The Kier molecular flexibility index (Phi) is 19.4. The molecule has 2 N–H and O–H groups in total. The van der Waals surface area contributed by atoms with Crippen LogP contribution in [-0.4, -0.2) is 36.1 Å². The predicted molar refractivity (Wildman–Crippen MR) is 150 cm³/mol. The van der Waals surface area contributed by atoms with Crippen LogP contribution in [0.5, 0.6) is 5.75 Å². The molecule has 1 aromatic rings. The van der Waals surface area contributed by atoms with Gasteiger partial charge in [0.25, 0.3) is 0 Å². The van der Waals surface area contributed by atoms with Gasteiger partial charge in [0.2, 0.25) is 0 Å². The second-order valence-electron chi connectivity index (χ2n) is 10.6. The van der Waals surface area contributed by atoms with Gasteiger partial charge in [0, 0.05) is 12.5 Å². The van der Waals surface area contributed by atoms with Crippen LogP contribution in [0.4, 0.5) is 0 Å². The maximum Gasteiger partial charge on any atom is 0.306 e. The van der Waals surface area contributed by atoms with Crippen LogP contribution in [0.1, 0.15) is 130 Å². The third kappa shape index (κ3) is 17.8. The smallest absolute Gasteiger partial charge is 0.306 e. The monoisotopic (exact) mass is 505 g/mol. The molecule has 0 saturated heterocycles. The molecular formula is C31H55NO4. The van der Waals surface area contributed by atoms with Crippen molar-refractivity contribution in [2.45, 2.75) is 149 Å². The van der Waals surface area contributed by atoms with E-state index in [1.165, 1.54) is 77.0 Å². The van der Waals surface area contributed by atoms with Crippen LogP contribution >= 0.6 is 0 Å². The van der Waals surface area contributed by atoms with Crippen molar-refractivity contribution in [2.24, 2.45) is 0 Å². The highest BCUT2D eigenvalue weighted by Gasteiger charge is 2.17. The number of esters is 1. The summed E-state index contributed by atoms with van der Waals surface area (Å²) in [5.41, 5.74) is 1.07. The summed E-state index contributed by atoms with van der Waals surface area (Å²) in [5.74, 6) is 0.568. The number of aryl methyl sites for hydroxylation is 1. The van der Waals surface area contributed by atoms with Crippen molar-refractivity contribution in [3.8, 4) is 5.75 Å². The van der Waals surface area contributed by atoms with E-state index in [0.29, 0.717) is 25.2 Å². The summed E-state index contributed by atoms with van der Waals surface area (Å²) in [6, 6.07) is 7.90. The standard InChI is InChI=1S/C31H55NO4/c1-5-6-7-8-9-10-11-12-13-14-15-16-17-18-25-35-30(34)24-21-28-19-22-29(23-20-28)36-31(27(4)33)32-26(2)3/h19-20,22-23,26-27,31-33H,5-18,21,24-25H2,1-4H3. The van der Waals surface area contributed by atoms with Crippen molar-refractivity contribution in [2.75, 3.05) is 6.61 Å². The van der Waals surface area contributed by atoms with Crippen LogP contribution in [0.3, 0.4) is 0 Å². The van der Waals surface area contributed by atoms with Crippen molar-refractivity contribution in [3.05, 3.63) is 29.8 Å². The molecule has 0 aromatic heterocycles. The average Bonchev–Trinajstić information content (AvgIpc) is 2.85. The second-order valence-corrected chi connectivity index (χ2v) is 10.6. The Bertz CT molecular complexity index is 644. The van der Waals surface area contributed by atoms with Crippen LogP contribution in [0.15, 0.2) is 24.3 Å². The molecule has 5 heteroatoms. The van der Waals surface area contributed by atoms with Crippen molar-refractivity contribution in [1.29, 1.82) is 0 Å². The van der Waals surface area contributed by atoms with E-state index in [4.69, 9.17) is 9.47 Å². The Morgan fingerprint density at radius 3 is 1.78 bits per heavy atom. The lowest BCUT2D eigenvalue weighted by atomic mass is 10.0. The van der Waals surface area contributed by atoms with Gasteiger partial charge in [-0.15, -0.1) is 0 Å². The molecule has 0 aliphatic heterocycles. The third-order valence-electron chi connectivity index (χ3n) is 6.50. The maximum atomic E-state index is 12.1. The van der Waals surface area contributed by atoms with E-state index in [0.717, 1.165) is 18.4 Å². The average molecular weight is 506 g/mol. The van der Waals surface area contributed by atoms with Gasteiger partial charge >= 0.3 is 5.97 Å². The molecule has 0 heterocycles. The van der Waals surface area contributed by atoms with E-state index < -0.39 is 12.3 Å². The van der Waals surface area contributed by atoms with Crippen LogP contribution in [-0.2, 0) is 16.0 Å². The molecule has 1 aromatic carbocycles. The van der Waals surface area contributed by atoms with Gasteiger partial charge in [-0.3, -0.25) is 10.1 Å². The van der Waals surface area contributed by atoms with Crippen LogP contribution in [0.2, 0.25) is 0 Å². The van der Waals surface area contributed by atoms with Gasteiger partial charge in [-0.1, -0.05) is 103 Å². The molecule has 0 fully saturated rings. The van der Waals surface area contributed by atoms with E-state index in [-0.39, 0.29) is 12.0 Å². The summed E-state index contributed by atoms with van der Waals surface area (Å²) < 4.78 is 11.3. The number of benzene rings is 1. The van der Waals surface area contributed by atoms with Crippen molar-refractivity contribution in [3.63, 3.8) is 0 Å². The molecule has 0 aliphatic carbocycles. The fraction of sp³-hybridized carbons (Fsp3) is 0.774. The van der Waals surface area contributed by atoms with Gasteiger partial charge in [0.05, 0.1) is 6.61 Å². The fourth-order valence-corrected chi connectivity index (χ4v) is 4.28. The van der Waals surface area contributed by atoms with E-state index in [2.05, 4.69) is 12.2 Å². The van der Waals surface area contributed by atoms with Crippen LogP contribution in [0.25, 0.3) is 0 Å². The number of aliphatic hydroxyl groups is 1. The van der Waals surface area contributed by atoms with Gasteiger partial charge in [-0.25, -0.2) is 0 Å². The Morgan fingerprint density at radius 1 is 0.806 bits per heavy atom. The van der Waals surface area contributed by atoms with Gasteiger partial charge in [-0.05, 0) is 51.3 Å². The number of carbonyl (C=O) groups is 1. The number of hydrogen-bond acceptors (Lipinski definition) is 5. The molecule has 0 bridgehead atoms. The van der Waals surface area contributed by atoms with Crippen molar-refractivity contribution < 1.29 is 19.4 Å². The van der Waals surface area contributed by atoms with E-state index >= 15 is 0 Å². The Morgan fingerprint density at radius 2 is 1.31 bits per heavy atom. The SMILES string of the molecule is CCCCCCCCCCCCCCCCOC(=O)CCc1ccc(OC(NC(C)C)C(C)O)cc1. The predicted octanol–water partition coefficient (Wildman–Crippen LogP) is 7.73. The summed E-state index contributed by atoms with van der Waals surface area (Å²) in [6.45, 7) is 8.54. The van der Waals surface area contributed by atoms with Crippen LogP contribution in [0, 0.1) is 0 Å². The first-order chi connectivity index (χ1) is 17.4. The lowest BCUT2D eigenvalue weighted by Crippen LogP contribution is -2.46. The van der Waals surface area contributed by atoms with Crippen molar-refractivity contribution >= 4 is 5.97 Å². The number of ether oxygens (including phenoxy) is 2. The van der Waals surface area contributed by atoms with E-state index in [9.17, 15) is 9.90 Å². The quantitative estimate of drug-likeness (QED) is 0.0905. The molecular weight excluding hydrogens is 450 g/mol. The molecule has 0 amide bonds. The number of carbonyl (C=O) groups excluding carboxylic acids is 1. The topological polar surface area (TPSA) is 67.8 Å². The van der Waals surface area contributed by atoms with Gasteiger partial charge < -0.3 is 14.6 Å². The molecule has 0 aliphatic rings. The Hall–Kier alpha value is -1.59. The molecule has 2 unspecified atom stereocenters. The zero-order valence-corrected chi connectivity index (χ0v) is 23.7. The minimum atomic E-state index is -0.624. The molecule has 36 heavy (non-hydrogen) atoms. The number of unbranched alkanes of at least 4 members (excludes halogenated alkanes) is 13. The highest BCUT2D eigenvalue weighted by molar-refractivity contribution is 5.69. The summed E-state index contributed by atoms with van der Waals surface area (Å²) in [6.07, 6.45) is 18.5. The van der Waals surface area contributed by atoms with E-state index in [1.54, 1.807) is 6.92 Å². The number of nitrogens with one attached hydrogen (secondary N) is 1. The lowest BCUT2D eigenvalue weighted by Gasteiger charge is -2.25. The number of rotatable bonds is 23. The summed E-state index contributed by atoms with van der Waals surface area (Å²) in [4.78, 5) is 12.1. The first kappa shape index (κ1) is 32.4. The zero-order chi connectivity index (χ0) is 26.4. The maximum absolute atomic E-state index is 12.1. The van der Waals surface area contributed by atoms with Crippen LogP contribution < -0.4 is 10.1 Å². The molecule has 1 rings (SSSR count). The highest BCUT2D eigenvalue weighted by Crippen LogP contribution is 2.16. The van der Waals surface area contributed by atoms with Gasteiger partial charge in [-0.2, -0.15) is 0 Å². The lowest BCUT2D eigenvalue weighted by molar-refractivity contribution is -0.143. The minimum Gasteiger partial charge on any atom is -0.473 e. The fourth-order valence-electron chi connectivity index (χ4n) is 4.28. The molecule has 2 atom stereocenters. The summed E-state index contributed by atoms with van der Waals surface area (Å²) in [5, 5.41) is 13.1. The minimum absolute atomic E-state index is 0.125. The Balaban J connectivity index is 2.01. The third-order valence-corrected chi connectivity index (χ3v) is 6.50. The van der Waals surface area contributed by atoms with Crippen molar-refractivity contribution in [1.82, 2.24) is 5.32 Å². The van der Waals surface area contributed by atoms with Gasteiger partial charge in [0.1, 0.15) is 11.9 Å². The molecule has 0 saturated carbocycles. The molecule has 0 radical (unpaired) electrons. The first-order valence-corrected chi connectivity index (χ1v) is 14.8. The number of hydrogen-bond donors (Lipinski definition) is 2. The normalized spacial score (nSPS) is 13.1. The van der Waals surface area contributed by atoms with E-state index in [1.807, 2.05) is 38.1 Å².